The summed E-state index contributed by atoms with van der Waals surface area (Å²) < 4.78 is 0. The van der Waals surface area contributed by atoms with E-state index in [0.29, 0.717) is 5.92 Å². The van der Waals surface area contributed by atoms with Crippen LogP contribution in [0.5, 0.6) is 0 Å². The first-order valence-electron chi connectivity index (χ1n) is 7.14. The molecule has 0 saturated heterocycles. The van der Waals surface area contributed by atoms with Gasteiger partial charge in [-0.1, -0.05) is 45.0 Å². The van der Waals surface area contributed by atoms with Crippen molar-refractivity contribution in [1.29, 1.82) is 0 Å². The smallest absolute Gasteiger partial charge is 0.0314 e. The molecule has 2 rings (SSSR count). The highest BCUT2D eigenvalue weighted by Gasteiger charge is 2.29. The largest absolute Gasteiger partial charge is 0.399 e. The van der Waals surface area contributed by atoms with Gasteiger partial charge in [0.15, 0.2) is 0 Å². The van der Waals surface area contributed by atoms with Gasteiger partial charge in [-0.2, -0.15) is 0 Å². The lowest BCUT2D eigenvalue weighted by molar-refractivity contribution is 0.427. The van der Waals surface area contributed by atoms with Crippen LogP contribution >= 0.6 is 0 Å². The van der Waals surface area contributed by atoms with Crippen LogP contribution < -0.4 is 11.5 Å². The van der Waals surface area contributed by atoms with Gasteiger partial charge in [-0.25, -0.2) is 0 Å². The van der Waals surface area contributed by atoms with E-state index in [2.05, 4.69) is 45.0 Å². The van der Waals surface area contributed by atoms with Gasteiger partial charge in [-0.05, 0) is 47.7 Å². The number of rotatable bonds is 4. The van der Waals surface area contributed by atoms with Crippen molar-refractivity contribution in [3.63, 3.8) is 0 Å². The quantitative estimate of drug-likeness (QED) is 0.816. The minimum atomic E-state index is -0.0183. The molecule has 0 aliphatic rings. The monoisotopic (exact) mass is 268 g/mol. The first kappa shape index (κ1) is 14.4. The minimum absolute atomic E-state index is 0.0183. The third-order valence-corrected chi connectivity index (χ3v) is 3.91. The van der Waals surface area contributed by atoms with Crippen LogP contribution in [-0.4, -0.2) is 0 Å². The van der Waals surface area contributed by atoms with Crippen molar-refractivity contribution in [3.8, 4) is 0 Å². The van der Waals surface area contributed by atoms with E-state index >= 15 is 0 Å². The molecule has 20 heavy (non-hydrogen) atoms. The Morgan fingerprint density at radius 3 is 1.45 bits per heavy atom. The van der Waals surface area contributed by atoms with E-state index in [9.17, 15) is 0 Å². The van der Waals surface area contributed by atoms with Crippen molar-refractivity contribution in [3.05, 3.63) is 59.7 Å². The first-order chi connectivity index (χ1) is 9.41. The summed E-state index contributed by atoms with van der Waals surface area (Å²) in [5.41, 5.74) is 15.8. The maximum absolute atomic E-state index is 5.81. The minimum Gasteiger partial charge on any atom is -0.399 e. The number of anilines is 2. The Morgan fingerprint density at radius 2 is 1.15 bits per heavy atom. The Balaban J connectivity index is 2.49. The molecule has 0 bridgehead atoms. The molecule has 2 aromatic rings. The molecule has 0 aromatic heterocycles. The summed E-state index contributed by atoms with van der Waals surface area (Å²) in [7, 11) is 0. The lowest BCUT2D eigenvalue weighted by Crippen LogP contribution is -2.25. The van der Waals surface area contributed by atoms with Gasteiger partial charge in [0.25, 0.3) is 0 Å². The molecule has 0 atom stereocenters. The highest BCUT2D eigenvalue weighted by atomic mass is 14.5. The zero-order valence-electron chi connectivity index (χ0n) is 12.6. The zero-order valence-corrected chi connectivity index (χ0v) is 12.6. The van der Waals surface area contributed by atoms with Gasteiger partial charge in [0.2, 0.25) is 0 Å². The number of nitrogens with two attached hydrogens (primary N) is 2. The van der Waals surface area contributed by atoms with Gasteiger partial charge >= 0.3 is 0 Å². The van der Waals surface area contributed by atoms with Crippen molar-refractivity contribution in [1.82, 2.24) is 0 Å². The topological polar surface area (TPSA) is 52.0 Å². The van der Waals surface area contributed by atoms with Crippen LogP contribution in [0.2, 0.25) is 0 Å². The molecule has 0 fully saturated rings. The summed E-state index contributed by atoms with van der Waals surface area (Å²) in [6.45, 7) is 6.81. The van der Waals surface area contributed by atoms with Gasteiger partial charge in [0, 0.05) is 16.8 Å². The van der Waals surface area contributed by atoms with Crippen LogP contribution in [0.15, 0.2) is 48.5 Å². The maximum atomic E-state index is 5.81. The Hall–Kier alpha value is -1.96. The average Bonchev–Trinajstić information content (AvgIpc) is 2.39. The van der Waals surface area contributed by atoms with Crippen LogP contribution in [0.25, 0.3) is 0 Å². The Labute approximate surface area is 121 Å². The molecular formula is C18H24N2. The number of hydrogen-bond donors (Lipinski definition) is 2. The highest BCUT2D eigenvalue weighted by Crippen LogP contribution is 2.38. The third-order valence-electron chi connectivity index (χ3n) is 3.91. The summed E-state index contributed by atoms with van der Waals surface area (Å²) in [5.74, 6) is 0.607. The highest BCUT2D eigenvalue weighted by molar-refractivity contribution is 5.48. The summed E-state index contributed by atoms with van der Waals surface area (Å²) >= 11 is 0. The normalized spacial score (nSPS) is 11.8. The zero-order chi connectivity index (χ0) is 14.8. The molecule has 0 heterocycles. The summed E-state index contributed by atoms with van der Waals surface area (Å²) in [5, 5.41) is 0. The van der Waals surface area contributed by atoms with Crippen LogP contribution in [0.1, 0.15) is 38.3 Å². The molecule has 0 unspecified atom stereocenters. The fraction of sp³-hybridized carbons (Fsp3) is 0.333. The van der Waals surface area contributed by atoms with E-state index < -0.39 is 0 Å². The molecule has 0 radical (unpaired) electrons. The Bertz CT molecular complexity index is 507. The SMILES string of the molecule is CC(C)CC(C)(c1ccc(N)cc1)c1ccc(N)cc1. The predicted octanol–water partition coefficient (Wildman–Crippen LogP) is 4.20. The van der Waals surface area contributed by atoms with Gasteiger partial charge in [-0.3, -0.25) is 0 Å². The maximum Gasteiger partial charge on any atom is 0.0314 e. The molecule has 0 aliphatic carbocycles. The molecule has 2 heteroatoms. The van der Waals surface area contributed by atoms with E-state index in [1.165, 1.54) is 11.1 Å². The van der Waals surface area contributed by atoms with Gasteiger partial charge in [0.1, 0.15) is 0 Å². The van der Waals surface area contributed by atoms with Crippen molar-refractivity contribution >= 4 is 11.4 Å². The fourth-order valence-electron chi connectivity index (χ4n) is 2.92. The predicted molar refractivity (Wildman–Crippen MR) is 87.6 cm³/mol. The van der Waals surface area contributed by atoms with Crippen LogP contribution in [0, 0.1) is 5.92 Å². The summed E-state index contributed by atoms with van der Waals surface area (Å²) in [4.78, 5) is 0. The van der Waals surface area contributed by atoms with Crippen molar-refractivity contribution in [2.45, 2.75) is 32.6 Å². The molecule has 4 N–H and O–H groups in total. The van der Waals surface area contributed by atoms with E-state index in [-0.39, 0.29) is 5.41 Å². The van der Waals surface area contributed by atoms with Gasteiger partial charge in [-0.15, -0.1) is 0 Å². The second kappa shape index (κ2) is 5.58. The number of hydrogen-bond acceptors (Lipinski definition) is 2. The second-order valence-electron chi connectivity index (χ2n) is 6.17. The Kier molecular flexibility index (Phi) is 4.03. The van der Waals surface area contributed by atoms with Crippen LogP contribution in [-0.2, 0) is 5.41 Å². The molecule has 0 spiro atoms. The van der Waals surface area contributed by atoms with E-state index in [4.69, 9.17) is 11.5 Å². The van der Waals surface area contributed by atoms with Crippen molar-refractivity contribution < 1.29 is 0 Å². The molecule has 0 amide bonds. The van der Waals surface area contributed by atoms with Crippen LogP contribution in [0.4, 0.5) is 11.4 Å². The summed E-state index contributed by atoms with van der Waals surface area (Å²) in [6.07, 6.45) is 1.08. The van der Waals surface area contributed by atoms with E-state index in [1.807, 2.05) is 24.3 Å². The van der Waals surface area contributed by atoms with Crippen LogP contribution in [0.3, 0.4) is 0 Å². The van der Waals surface area contributed by atoms with Crippen molar-refractivity contribution in [2.24, 2.45) is 5.92 Å². The standard InChI is InChI=1S/C18H24N2/c1-13(2)12-18(3,14-4-8-16(19)9-5-14)15-6-10-17(20)11-7-15/h4-11,13H,12,19-20H2,1-3H3. The molecule has 106 valence electrons. The fourth-order valence-corrected chi connectivity index (χ4v) is 2.92. The average molecular weight is 268 g/mol. The Morgan fingerprint density at radius 1 is 0.800 bits per heavy atom. The molecule has 0 aliphatic heterocycles. The molecule has 2 nitrogen and oxygen atoms in total. The molecular weight excluding hydrogens is 244 g/mol. The third kappa shape index (κ3) is 2.96. The first-order valence-corrected chi connectivity index (χ1v) is 7.14. The second-order valence-corrected chi connectivity index (χ2v) is 6.17. The number of nitrogen functional groups attached to an aromatic ring is 2. The molecule has 2 aromatic carbocycles. The van der Waals surface area contributed by atoms with E-state index in [0.717, 1.165) is 17.8 Å². The van der Waals surface area contributed by atoms with Gasteiger partial charge < -0.3 is 11.5 Å². The van der Waals surface area contributed by atoms with E-state index in [1.54, 1.807) is 0 Å². The molecule has 0 saturated carbocycles. The summed E-state index contributed by atoms with van der Waals surface area (Å²) in [6, 6.07) is 16.4. The lowest BCUT2D eigenvalue weighted by Gasteiger charge is -2.33. The lowest BCUT2D eigenvalue weighted by atomic mass is 9.71. The van der Waals surface area contributed by atoms with Gasteiger partial charge in [0.05, 0.1) is 0 Å². The number of benzene rings is 2. The van der Waals surface area contributed by atoms with Crippen molar-refractivity contribution in [2.75, 3.05) is 11.5 Å².